The molecule has 2 aliphatic heterocycles. The maximum absolute atomic E-state index is 12.4. The molecule has 1 aromatic carbocycles. The summed E-state index contributed by atoms with van der Waals surface area (Å²) in [6.07, 6.45) is -1.08. The molecule has 5 nitrogen and oxygen atoms in total. The quantitative estimate of drug-likeness (QED) is 0.928. The first-order valence-corrected chi connectivity index (χ1v) is 7.85. The van der Waals surface area contributed by atoms with Gasteiger partial charge in [0, 0.05) is 12.5 Å². The lowest BCUT2D eigenvalue weighted by atomic mass is 9.90. The van der Waals surface area contributed by atoms with Gasteiger partial charge < -0.3 is 14.6 Å². The van der Waals surface area contributed by atoms with Crippen molar-refractivity contribution in [3.8, 4) is 0 Å². The van der Waals surface area contributed by atoms with E-state index in [4.69, 9.17) is 9.47 Å². The lowest BCUT2D eigenvalue weighted by molar-refractivity contribution is 0.0467. The first-order valence-electron chi connectivity index (χ1n) is 7.85. The van der Waals surface area contributed by atoms with Crippen LogP contribution >= 0.6 is 0 Å². The van der Waals surface area contributed by atoms with Crippen LogP contribution in [0.2, 0.25) is 0 Å². The van der Waals surface area contributed by atoms with Gasteiger partial charge in [-0.05, 0) is 11.5 Å². The Bertz CT molecular complexity index is 519. The van der Waals surface area contributed by atoms with Crippen LogP contribution in [0.25, 0.3) is 0 Å². The molecule has 3 rings (SSSR count). The van der Waals surface area contributed by atoms with Crippen molar-refractivity contribution in [3.63, 3.8) is 0 Å². The average molecular weight is 305 g/mol. The van der Waals surface area contributed by atoms with Gasteiger partial charge in [0.15, 0.2) is 0 Å². The first kappa shape index (κ1) is 15.3. The summed E-state index contributed by atoms with van der Waals surface area (Å²) in [4.78, 5) is 14.1. The van der Waals surface area contributed by atoms with Crippen LogP contribution in [0.5, 0.6) is 0 Å². The SMILES string of the molecule is CC(C)[C@H]1CN(C(=O)OCc2ccccc2)[C@H]2[C@@H]1OC[C@@H]2O. The minimum absolute atomic E-state index is 0.0840. The van der Waals surface area contributed by atoms with Crippen LogP contribution in [0, 0.1) is 11.8 Å². The molecule has 1 N–H and O–H groups in total. The van der Waals surface area contributed by atoms with E-state index < -0.39 is 6.10 Å². The number of rotatable bonds is 3. The van der Waals surface area contributed by atoms with Crippen molar-refractivity contribution in [2.24, 2.45) is 11.8 Å². The van der Waals surface area contributed by atoms with E-state index in [9.17, 15) is 9.90 Å². The molecule has 1 aromatic rings. The Kier molecular flexibility index (Phi) is 4.36. The topological polar surface area (TPSA) is 59.0 Å². The second-order valence-electron chi connectivity index (χ2n) is 6.46. The van der Waals surface area contributed by atoms with E-state index in [2.05, 4.69) is 13.8 Å². The van der Waals surface area contributed by atoms with Crippen LogP contribution in [0.3, 0.4) is 0 Å². The number of aliphatic hydroxyl groups is 1. The van der Waals surface area contributed by atoms with E-state index in [1.165, 1.54) is 0 Å². The Morgan fingerprint density at radius 1 is 1.41 bits per heavy atom. The Labute approximate surface area is 130 Å². The highest BCUT2D eigenvalue weighted by molar-refractivity contribution is 5.69. The highest BCUT2D eigenvalue weighted by atomic mass is 16.6. The third-order valence-corrected chi connectivity index (χ3v) is 4.68. The molecule has 0 bridgehead atoms. The Hall–Kier alpha value is -1.59. The van der Waals surface area contributed by atoms with Crippen molar-refractivity contribution in [1.82, 2.24) is 4.90 Å². The lowest BCUT2D eigenvalue weighted by Gasteiger charge is -2.24. The highest BCUT2D eigenvalue weighted by Crippen LogP contribution is 2.37. The molecular weight excluding hydrogens is 282 g/mol. The Morgan fingerprint density at radius 2 is 2.14 bits per heavy atom. The zero-order valence-corrected chi connectivity index (χ0v) is 13.0. The number of carbonyl (C=O) groups excluding carboxylic acids is 1. The molecule has 0 aromatic heterocycles. The predicted molar refractivity (Wildman–Crippen MR) is 81.2 cm³/mol. The Balaban J connectivity index is 1.66. The zero-order valence-electron chi connectivity index (χ0n) is 13.0. The molecular formula is C17H23NO4. The number of benzene rings is 1. The fourth-order valence-electron chi connectivity index (χ4n) is 3.43. The standard InChI is InChI=1S/C17H23NO4/c1-11(2)13-8-18(15-14(19)10-21-16(13)15)17(20)22-9-12-6-4-3-5-7-12/h3-7,11,13-16,19H,8-10H2,1-2H3/t13-,14+,15-,16-/m1/s1. The van der Waals surface area contributed by atoms with Crippen molar-refractivity contribution in [3.05, 3.63) is 35.9 Å². The predicted octanol–water partition coefficient (Wildman–Crippen LogP) is 2.04. The summed E-state index contributed by atoms with van der Waals surface area (Å²) in [6, 6.07) is 9.32. The molecule has 4 atom stereocenters. The average Bonchev–Trinajstić information content (AvgIpc) is 3.07. The van der Waals surface area contributed by atoms with E-state index in [0.29, 0.717) is 19.1 Å². The molecule has 2 saturated heterocycles. The fraction of sp³-hybridized carbons (Fsp3) is 0.588. The first-order chi connectivity index (χ1) is 10.6. The highest BCUT2D eigenvalue weighted by Gasteiger charge is 2.53. The van der Waals surface area contributed by atoms with Crippen molar-refractivity contribution < 1.29 is 19.4 Å². The molecule has 0 aliphatic carbocycles. The number of carbonyl (C=O) groups is 1. The third kappa shape index (κ3) is 2.83. The summed E-state index contributed by atoms with van der Waals surface area (Å²) in [5.74, 6) is 0.635. The molecule has 0 saturated carbocycles. The largest absolute Gasteiger partial charge is 0.445 e. The van der Waals surface area contributed by atoms with Gasteiger partial charge in [-0.2, -0.15) is 0 Å². The van der Waals surface area contributed by atoms with E-state index in [-0.39, 0.29) is 30.8 Å². The lowest BCUT2D eigenvalue weighted by Crippen LogP contribution is -2.44. The van der Waals surface area contributed by atoms with Gasteiger partial charge in [-0.3, -0.25) is 4.90 Å². The summed E-state index contributed by atoms with van der Waals surface area (Å²) in [7, 11) is 0. The Morgan fingerprint density at radius 3 is 2.82 bits per heavy atom. The number of amides is 1. The monoisotopic (exact) mass is 305 g/mol. The molecule has 22 heavy (non-hydrogen) atoms. The van der Waals surface area contributed by atoms with Gasteiger partial charge in [-0.25, -0.2) is 4.79 Å². The number of fused-ring (bicyclic) bond motifs is 1. The van der Waals surface area contributed by atoms with Gasteiger partial charge in [-0.1, -0.05) is 44.2 Å². The van der Waals surface area contributed by atoms with Crippen molar-refractivity contribution in [2.45, 2.75) is 38.7 Å². The van der Waals surface area contributed by atoms with Gasteiger partial charge in [0.2, 0.25) is 0 Å². The van der Waals surface area contributed by atoms with Crippen LogP contribution in [-0.2, 0) is 16.1 Å². The molecule has 120 valence electrons. The number of ether oxygens (including phenoxy) is 2. The van der Waals surface area contributed by atoms with Crippen LogP contribution in [0.4, 0.5) is 4.79 Å². The third-order valence-electron chi connectivity index (χ3n) is 4.68. The van der Waals surface area contributed by atoms with Crippen LogP contribution in [0.1, 0.15) is 19.4 Å². The fourth-order valence-corrected chi connectivity index (χ4v) is 3.43. The number of nitrogens with zero attached hydrogens (tertiary/aromatic N) is 1. The van der Waals surface area contributed by atoms with E-state index in [1.54, 1.807) is 4.90 Å². The van der Waals surface area contributed by atoms with Crippen molar-refractivity contribution >= 4 is 6.09 Å². The smallest absolute Gasteiger partial charge is 0.410 e. The number of likely N-dealkylation sites (tertiary alicyclic amines) is 1. The molecule has 0 unspecified atom stereocenters. The summed E-state index contributed by atoms with van der Waals surface area (Å²) in [5.41, 5.74) is 0.954. The maximum Gasteiger partial charge on any atom is 0.410 e. The van der Waals surface area contributed by atoms with Gasteiger partial charge in [0.05, 0.1) is 18.8 Å². The molecule has 1 amide bonds. The van der Waals surface area contributed by atoms with Gasteiger partial charge in [-0.15, -0.1) is 0 Å². The van der Waals surface area contributed by atoms with Crippen LogP contribution in [0.15, 0.2) is 30.3 Å². The molecule has 2 heterocycles. The minimum Gasteiger partial charge on any atom is -0.445 e. The summed E-state index contributed by atoms with van der Waals surface area (Å²) in [5, 5.41) is 10.1. The summed E-state index contributed by atoms with van der Waals surface area (Å²) in [6.45, 7) is 5.36. The van der Waals surface area contributed by atoms with E-state index in [0.717, 1.165) is 5.56 Å². The summed E-state index contributed by atoms with van der Waals surface area (Å²) >= 11 is 0. The number of hydrogen-bond acceptors (Lipinski definition) is 4. The van der Waals surface area contributed by atoms with Crippen LogP contribution in [-0.4, -0.2) is 47.5 Å². The molecule has 2 fully saturated rings. The van der Waals surface area contributed by atoms with E-state index >= 15 is 0 Å². The van der Waals surface area contributed by atoms with E-state index in [1.807, 2.05) is 30.3 Å². The minimum atomic E-state index is -0.627. The van der Waals surface area contributed by atoms with Gasteiger partial charge in [0.25, 0.3) is 0 Å². The molecule has 5 heteroatoms. The van der Waals surface area contributed by atoms with Crippen molar-refractivity contribution in [2.75, 3.05) is 13.2 Å². The van der Waals surface area contributed by atoms with Crippen molar-refractivity contribution in [1.29, 1.82) is 0 Å². The molecule has 0 radical (unpaired) electrons. The summed E-state index contributed by atoms with van der Waals surface area (Å²) < 4.78 is 11.1. The normalized spacial score (nSPS) is 30.6. The zero-order chi connectivity index (χ0) is 15.7. The molecule has 2 aliphatic rings. The maximum atomic E-state index is 12.4. The number of hydrogen-bond donors (Lipinski definition) is 1. The van der Waals surface area contributed by atoms with Gasteiger partial charge >= 0.3 is 6.09 Å². The number of aliphatic hydroxyl groups excluding tert-OH is 1. The van der Waals surface area contributed by atoms with Crippen LogP contribution < -0.4 is 0 Å². The van der Waals surface area contributed by atoms with Gasteiger partial charge in [0.1, 0.15) is 12.7 Å². The molecule has 0 spiro atoms. The second kappa shape index (κ2) is 6.26. The second-order valence-corrected chi connectivity index (χ2v) is 6.46.